The van der Waals surface area contributed by atoms with Crippen molar-refractivity contribution in [1.82, 2.24) is 9.97 Å². The molecule has 0 saturated heterocycles. The molecule has 0 fully saturated rings. The van der Waals surface area contributed by atoms with Crippen LogP contribution in [0.1, 0.15) is 16.7 Å². The molecule has 0 unspecified atom stereocenters. The minimum absolute atomic E-state index is 0.835. The van der Waals surface area contributed by atoms with Crippen LogP contribution >= 0.6 is 0 Å². The fraction of sp³-hybridized carbons (Fsp3) is 0.133. The Labute approximate surface area is 200 Å². The highest BCUT2D eigenvalue weighted by atomic mass is 14.9. The fourth-order valence-electron chi connectivity index (χ4n) is 4.50. The molecule has 5 rings (SSSR count). The first-order chi connectivity index (χ1) is 16.6. The summed E-state index contributed by atoms with van der Waals surface area (Å²) in [6.45, 7) is 5.22. The molecule has 0 aliphatic heterocycles. The fourth-order valence-corrected chi connectivity index (χ4v) is 4.50. The van der Waals surface area contributed by atoms with Crippen molar-refractivity contribution in [3.8, 4) is 33.6 Å². The summed E-state index contributed by atoms with van der Waals surface area (Å²) < 4.78 is 4.28. The highest BCUT2D eigenvalue weighted by Crippen LogP contribution is 2.30. The maximum Gasteiger partial charge on any atom is 0.173 e. The zero-order valence-electron chi connectivity index (χ0n) is 19.8. The SMILES string of the molecule is Cc1cc(C[n+]2ccc(-c3cc[n+](C)cc3)cc2)cc(C)c1-c1ccnc(-c2ccccn2)c1. The average Bonchev–Trinajstić information content (AvgIpc) is 2.85. The molecule has 5 aromatic rings. The van der Waals surface area contributed by atoms with Gasteiger partial charge in [-0.05, 0) is 83.6 Å². The van der Waals surface area contributed by atoms with Crippen LogP contribution in [0.15, 0.2) is 104 Å². The highest BCUT2D eigenvalue weighted by molar-refractivity contribution is 5.74. The number of nitrogens with zero attached hydrogens (tertiary/aromatic N) is 4. The first kappa shape index (κ1) is 21.7. The van der Waals surface area contributed by atoms with Gasteiger partial charge in [-0.3, -0.25) is 9.97 Å². The number of rotatable bonds is 5. The van der Waals surface area contributed by atoms with Crippen LogP contribution in [0, 0.1) is 13.8 Å². The van der Waals surface area contributed by atoms with Crippen LogP contribution < -0.4 is 9.13 Å². The van der Waals surface area contributed by atoms with Crippen molar-refractivity contribution in [1.29, 1.82) is 0 Å². The van der Waals surface area contributed by atoms with Crippen molar-refractivity contribution < 1.29 is 9.13 Å². The van der Waals surface area contributed by atoms with Gasteiger partial charge in [-0.15, -0.1) is 0 Å². The second-order valence-corrected chi connectivity index (χ2v) is 8.76. The Morgan fingerprint density at radius 1 is 0.647 bits per heavy atom. The third-order valence-corrected chi connectivity index (χ3v) is 6.14. The summed E-state index contributed by atoms with van der Waals surface area (Å²) in [7, 11) is 2.03. The second kappa shape index (κ2) is 9.36. The molecule has 1 aromatic carbocycles. The molecule has 4 heteroatoms. The van der Waals surface area contributed by atoms with E-state index in [9.17, 15) is 0 Å². The van der Waals surface area contributed by atoms with Crippen LogP contribution in [-0.4, -0.2) is 9.97 Å². The van der Waals surface area contributed by atoms with E-state index in [1.807, 2.05) is 36.0 Å². The maximum absolute atomic E-state index is 4.53. The lowest BCUT2D eigenvalue weighted by molar-refractivity contribution is -0.688. The van der Waals surface area contributed by atoms with Crippen LogP contribution in [0.3, 0.4) is 0 Å². The molecule has 0 saturated carbocycles. The molecule has 4 nitrogen and oxygen atoms in total. The van der Waals surface area contributed by atoms with E-state index in [2.05, 4.69) is 102 Å². The van der Waals surface area contributed by atoms with Gasteiger partial charge in [0.1, 0.15) is 7.05 Å². The van der Waals surface area contributed by atoms with Gasteiger partial charge in [0.05, 0.1) is 11.4 Å². The van der Waals surface area contributed by atoms with E-state index in [0.29, 0.717) is 0 Å². The first-order valence-corrected chi connectivity index (χ1v) is 11.5. The molecule has 4 heterocycles. The Kier molecular flexibility index (Phi) is 5.96. The molecule has 0 atom stereocenters. The van der Waals surface area contributed by atoms with Crippen molar-refractivity contribution in [2.75, 3.05) is 0 Å². The van der Waals surface area contributed by atoms with Gasteiger partial charge in [0.2, 0.25) is 0 Å². The lowest BCUT2D eigenvalue weighted by atomic mass is 9.93. The van der Waals surface area contributed by atoms with E-state index in [1.165, 1.54) is 38.9 Å². The maximum atomic E-state index is 4.53. The Bertz CT molecular complexity index is 1400. The van der Waals surface area contributed by atoms with E-state index >= 15 is 0 Å². The normalized spacial score (nSPS) is 10.9. The number of aryl methyl sites for hydroxylation is 3. The molecule has 0 bridgehead atoms. The van der Waals surface area contributed by atoms with Gasteiger partial charge in [-0.25, -0.2) is 9.13 Å². The zero-order valence-corrected chi connectivity index (χ0v) is 19.8. The lowest BCUT2D eigenvalue weighted by Gasteiger charge is -2.13. The predicted molar refractivity (Wildman–Crippen MR) is 135 cm³/mol. The van der Waals surface area contributed by atoms with E-state index in [-0.39, 0.29) is 0 Å². The summed E-state index contributed by atoms with van der Waals surface area (Å²) >= 11 is 0. The minimum Gasteiger partial charge on any atom is -0.255 e. The Morgan fingerprint density at radius 2 is 1.29 bits per heavy atom. The van der Waals surface area contributed by atoms with Gasteiger partial charge in [0.25, 0.3) is 0 Å². The Hall–Kier alpha value is -4.18. The van der Waals surface area contributed by atoms with Crippen LogP contribution in [0.4, 0.5) is 0 Å². The number of benzene rings is 1. The monoisotopic (exact) mass is 444 g/mol. The number of hydrogen-bond donors (Lipinski definition) is 0. The van der Waals surface area contributed by atoms with Crippen molar-refractivity contribution in [3.05, 3.63) is 121 Å². The molecule has 0 aliphatic rings. The number of pyridine rings is 4. The standard InChI is InChI=1S/C30H28N4/c1-22-18-24(21-34-16-10-26(11-17-34)25-8-14-33(3)15-9-25)19-23(2)30(22)27-7-13-32-29(20-27)28-6-4-5-12-31-28/h4-20H,21H2,1-3H3/q+2. The molecular formula is C30H28N4+2. The predicted octanol–water partition coefficient (Wildman–Crippen LogP) is 5.25. The molecule has 4 aromatic heterocycles. The van der Waals surface area contributed by atoms with Crippen LogP contribution in [0.2, 0.25) is 0 Å². The van der Waals surface area contributed by atoms with E-state index < -0.39 is 0 Å². The van der Waals surface area contributed by atoms with Gasteiger partial charge < -0.3 is 0 Å². The van der Waals surface area contributed by atoms with Crippen LogP contribution in [-0.2, 0) is 13.6 Å². The quantitative estimate of drug-likeness (QED) is 0.347. The average molecular weight is 445 g/mol. The van der Waals surface area contributed by atoms with Crippen molar-refractivity contribution in [3.63, 3.8) is 0 Å². The second-order valence-electron chi connectivity index (χ2n) is 8.76. The number of aromatic nitrogens is 4. The molecular weight excluding hydrogens is 416 g/mol. The zero-order chi connectivity index (χ0) is 23.5. The van der Waals surface area contributed by atoms with Gasteiger partial charge in [0, 0.05) is 42.2 Å². The van der Waals surface area contributed by atoms with Gasteiger partial charge in [-0.1, -0.05) is 6.07 Å². The minimum atomic E-state index is 0.835. The largest absolute Gasteiger partial charge is 0.255 e. The third-order valence-electron chi connectivity index (χ3n) is 6.14. The molecule has 0 spiro atoms. The van der Waals surface area contributed by atoms with Crippen molar-refractivity contribution >= 4 is 0 Å². The topological polar surface area (TPSA) is 33.5 Å². The molecule has 0 radical (unpaired) electrons. The summed E-state index contributed by atoms with van der Waals surface area (Å²) in [4.78, 5) is 8.99. The molecule has 0 amide bonds. The first-order valence-electron chi connectivity index (χ1n) is 11.5. The van der Waals surface area contributed by atoms with Gasteiger partial charge in [0.15, 0.2) is 31.3 Å². The van der Waals surface area contributed by atoms with Gasteiger partial charge in [-0.2, -0.15) is 0 Å². The Morgan fingerprint density at radius 3 is 1.94 bits per heavy atom. The highest BCUT2D eigenvalue weighted by Gasteiger charge is 2.12. The summed E-state index contributed by atoms with van der Waals surface area (Å²) in [5.74, 6) is 0. The smallest absolute Gasteiger partial charge is 0.173 e. The molecule has 0 aliphatic carbocycles. The third kappa shape index (κ3) is 4.62. The molecule has 166 valence electrons. The van der Waals surface area contributed by atoms with E-state index in [4.69, 9.17) is 0 Å². The lowest BCUT2D eigenvalue weighted by Crippen LogP contribution is -2.33. The molecule has 34 heavy (non-hydrogen) atoms. The summed E-state index contributed by atoms with van der Waals surface area (Å²) in [6, 6.07) is 23.4. The van der Waals surface area contributed by atoms with E-state index in [1.54, 1.807) is 6.20 Å². The van der Waals surface area contributed by atoms with Crippen LogP contribution in [0.5, 0.6) is 0 Å². The Balaban J connectivity index is 1.39. The summed E-state index contributed by atoms with van der Waals surface area (Å²) in [5, 5.41) is 0. The van der Waals surface area contributed by atoms with E-state index in [0.717, 1.165) is 17.9 Å². The number of hydrogen-bond acceptors (Lipinski definition) is 2. The summed E-state index contributed by atoms with van der Waals surface area (Å²) in [5.41, 5.74) is 10.5. The summed E-state index contributed by atoms with van der Waals surface area (Å²) in [6.07, 6.45) is 12.1. The molecule has 0 N–H and O–H groups in total. The van der Waals surface area contributed by atoms with Crippen molar-refractivity contribution in [2.24, 2.45) is 7.05 Å². The van der Waals surface area contributed by atoms with Gasteiger partial charge >= 0.3 is 0 Å². The van der Waals surface area contributed by atoms with Crippen molar-refractivity contribution in [2.45, 2.75) is 20.4 Å². The van der Waals surface area contributed by atoms with Crippen LogP contribution in [0.25, 0.3) is 33.6 Å².